The predicted molar refractivity (Wildman–Crippen MR) is 148 cm³/mol. The summed E-state index contributed by atoms with van der Waals surface area (Å²) in [5.41, 5.74) is 4.05. The topological polar surface area (TPSA) is 65.8 Å². The molecule has 6 heteroatoms. The minimum Gasteiger partial charge on any atom is -0.487 e. The largest absolute Gasteiger partial charge is 0.487 e. The Kier molecular flexibility index (Phi) is 7.16. The number of nitrogens with zero attached hydrogens (tertiary/aromatic N) is 2. The molecule has 194 valence electrons. The number of halogens is 1. The van der Waals surface area contributed by atoms with Crippen LogP contribution in [0.3, 0.4) is 0 Å². The summed E-state index contributed by atoms with van der Waals surface area (Å²) >= 11 is 6.06. The van der Waals surface area contributed by atoms with Crippen LogP contribution in [0, 0.1) is 5.92 Å². The highest BCUT2D eigenvalue weighted by molar-refractivity contribution is 6.30. The van der Waals surface area contributed by atoms with Crippen molar-refractivity contribution in [1.29, 1.82) is 0 Å². The lowest BCUT2D eigenvalue weighted by Gasteiger charge is -2.43. The molecule has 3 aromatic rings. The van der Waals surface area contributed by atoms with Crippen LogP contribution >= 0.6 is 11.6 Å². The maximum atomic E-state index is 11.5. The third-order valence-electron chi connectivity index (χ3n) is 7.82. The van der Waals surface area contributed by atoms with Gasteiger partial charge in [0.2, 0.25) is 0 Å². The Hall–Kier alpha value is -2.70. The van der Waals surface area contributed by atoms with Gasteiger partial charge >= 0.3 is 0 Å². The van der Waals surface area contributed by atoms with Crippen LogP contribution in [-0.4, -0.2) is 39.7 Å². The van der Waals surface area contributed by atoms with Crippen LogP contribution in [0.1, 0.15) is 61.6 Å². The molecule has 1 saturated heterocycles. The molecular formula is C31H35ClN2O3. The first-order chi connectivity index (χ1) is 17.6. The van der Waals surface area contributed by atoms with Gasteiger partial charge in [0.05, 0.1) is 16.9 Å². The van der Waals surface area contributed by atoms with E-state index in [4.69, 9.17) is 16.3 Å². The van der Waals surface area contributed by atoms with Gasteiger partial charge < -0.3 is 19.8 Å². The van der Waals surface area contributed by atoms with Gasteiger partial charge in [-0.1, -0.05) is 48.9 Å². The van der Waals surface area contributed by atoms with Crippen molar-refractivity contribution < 1.29 is 14.9 Å². The Labute approximate surface area is 224 Å². The zero-order chi connectivity index (χ0) is 26.2. The number of fused-ring (bicyclic) bond motifs is 2. The third-order valence-corrected chi connectivity index (χ3v) is 8.07. The summed E-state index contributed by atoms with van der Waals surface area (Å²) in [5.74, 6) is 0.901. The van der Waals surface area contributed by atoms with Crippen LogP contribution in [0.4, 0.5) is 0 Å². The molecule has 5 nitrogen and oxygen atoms in total. The average molecular weight is 519 g/mol. The minimum atomic E-state index is -0.949. The molecule has 2 N–H and O–H groups in total. The number of hydrogen-bond donors (Lipinski definition) is 2. The Morgan fingerprint density at radius 2 is 1.95 bits per heavy atom. The van der Waals surface area contributed by atoms with Gasteiger partial charge in [0.1, 0.15) is 12.4 Å². The van der Waals surface area contributed by atoms with E-state index in [9.17, 15) is 10.2 Å². The van der Waals surface area contributed by atoms with E-state index in [2.05, 4.69) is 29.0 Å². The predicted octanol–water partition coefficient (Wildman–Crippen LogP) is 5.91. The number of ether oxygens (including phenoxy) is 1. The highest BCUT2D eigenvalue weighted by Crippen LogP contribution is 2.40. The van der Waals surface area contributed by atoms with Gasteiger partial charge in [-0.2, -0.15) is 0 Å². The molecule has 37 heavy (non-hydrogen) atoms. The monoisotopic (exact) mass is 518 g/mol. The van der Waals surface area contributed by atoms with Crippen molar-refractivity contribution in [2.24, 2.45) is 5.92 Å². The second-order valence-electron chi connectivity index (χ2n) is 10.8. The maximum Gasteiger partial charge on any atom is 0.131 e. The zero-order valence-electron chi connectivity index (χ0n) is 21.7. The molecule has 0 radical (unpaired) electrons. The Morgan fingerprint density at radius 3 is 2.68 bits per heavy atom. The molecule has 2 aromatic carbocycles. The third kappa shape index (κ3) is 5.32. The van der Waals surface area contributed by atoms with Crippen LogP contribution in [-0.2, 0) is 17.8 Å². The van der Waals surface area contributed by atoms with E-state index in [1.807, 2.05) is 48.5 Å². The Bertz CT molecular complexity index is 1300. The number of aliphatic hydroxyl groups is 2. The molecule has 1 unspecified atom stereocenters. The molecule has 0 amide bonds. The molecule has 5 rings (SSSR count). The molecule has 2 aliphatic heterocycles. The van der Waals surface area contributed by atoms with E-state index in [1.54, 1.807) is 20.0 Å². The standard InChI is InChI=1S/C31H35ClN2O3/c1-21-19-34(17-14-31(21,36)22-8-11-24(32)12-9-22)16-5-7-25-26-6-4-15-33-28(26)20-37-29-13-10-23(18-27(25)29)30(2,3)35/h4,6-13,15,18,21,35-36H,5,14,16-17,19-20H2,1-3H3/b25-7+/t21?,31-/m1/s1. The van der Waals surface area contributed by atoms with Crippen molar-refractivity contribution in [3.05, 3.63) is 99.8 Å². The van der Waals surface area contributed by atoms with E-state index in [-0.39, 0.29) is 5.92 Å². The van der Waals surface area contributed by atoms with E-state index >= 15 is 0 Å². The van der Waals surface area contributed by atoms with Crippen molar-refractivity contribution >= 4 is 17.2 Å². The molecule has 2 aliphatic rings. The molecule has 1 fully saturated rings. The quantitative estimate of drug-likeness (QED) is 0.440. The van der Waals surface area contributed by atoms with Crippen LogP contribution in [0.5, 0.6) is 5.75 Å². The van der Waals surface area contributed by atoms with Gasteiger partial charge in [-0.15, -0.1) is 0 Å². The molecular weight excluding hydrogens is 484 g/mol. The fourth-order valence-corrected chi connectivity index (χ4v) is 5.65. The van der Waals surface area contributed by atoms with Gasteiger partial charge in [-0.25, -0.2) is 0 Å². The summed E-state index contributed by atoms with van der Waals surface area (Å²) in [6.07, 6.45) is 5.61. The molecule has 0 bridgehead atoms. The van der Waals surface area contributed by atoms with Gasteiger partial charge in [0.15, 0.2) is 0 Å². The summed E-state index contributed by atoms with van der Waals surface area (Å²) in [4.78, 5) is 7.01. The Balaban J connectivity index is 1.37. The molecule has 0 spiro atoms. The van der Waals surface area contributed by atoms with Crippen molar-refractivity contribution in [3.8, 4) is 5.75 Å². The smallest absolute Gasteiger partial charge is 0.131 e. The summed E-state index contributed by atoms with van der Waals surface area (Å²) in [6, 6.07) is 17.6. The summed E-state index contributed by atoms with van der Waals surface area (Å²) < 4.78 is 6.12. The van der Waals surface area contributed by atoms with Crippen LogP contribution in [0.2, 0.25) is 5.02 Å². The molecule has 0 aliphatic carbocycles. The fraction of sp³-hybridized carbons (Fsp3) is 0.387. The average Bonchev–Trinajstić information content (AvgIpc) is 3.03. The number of pyridine rings is 1. The normalized spacial score (nSPS) is 23.2. The number of hydrogen-bond acceptors (Lipinski definition) is 5. The van der Waals surface area contributed by atoms with Gasteiger partial charge in [0.25, 0.3) is 0 Å². The van der Waals surface area contributed by atoms with Crippen molar-refractivity contribution in [2.75, 3.05) is 19.6 Å². The van der Waals surface area contributed by atoms with Gasteiger partial charge in [0, 0.05) is 47.9 Å². The number of rotatable bonds is 5. The summed E-state index contributed by atoms with van der Waals surface area (Å²) in [7, 11) is 0. The molecule has 0 saturated carbocycles. The van der Waals surface area contributed by atoms with E-state index in [1.165, 1.54) is 0 Å². The second-order valence-corrected chi connectivity index (χ2v) is 11.3. The fourth-order valence-electron chi connectivity index (χ4n) is 5.52. The highest BCUT2D eigenvalue weighted by atomic mass is 35.5. The lowest BCUT2D eigenvalue weighted by atomic mass is 9.77. The zero-order valence-corrected chi connectivity index (χ0v) is 22.5. The van der Waals surface area contributed by atoms with E-state index in [0.717, 1.165) is 65.3 Å². The first kappa shape index (κ1) is 25.9. The van der Waals surface area contributed by atoms with Crippen molar-refractivity contribution in [3.63, 3.8) is 0 Å². The number of piperidine rings is 1. The minimum absolute atomic E-state index is 0.0985. The molecule has 3 heterocycles. The van der Waals surface area contributed by atoms with Gasteiger partial charge in [-0.3, -0.25) is 4.98 Å². The molecule has 1 aromatic heterocycles. The molecule has 2 atom stereocenters. The number of likely N-dealkylation sites (tertiary alicyclic amines) is 1. The Morgan fingerprint density at radius 1 is 1.16 bits per heavy atom. The van der Waals surface area contributed by atoms with E-state index < -0.39 is 11.2 Å². The maximum absolute atomic E-state index is 11.5. The van der Waals surface area contributed by atoms with E-state index in [0.29, 0.717) is 18.1 Å². The summed E-state index contributed by atoms with van der Waals surface area (Å²) in [5, 5.41) is 22.8. The number of aromatic nitrogens is 1. The van der Waals surface area contributed by atoms with Crippen LogP contribution in [0.25, 0.3) is 5.57 Å². The number of benzene rings is 2. The van der Waals surface area contributed by atoms with Crippen molar-refractivity contribution in [1.82, 2.24) is 9.88 Å². The first-order valence-corrected chi connectivity index (χ1v) is 13.4. The van der Waals surface area contributed by atoms with Crippen LogP contribution in [0.15, 0.2) is 66.9 Å². The first-order valence-electron chi connectivity index (χ1n) is 13.0. The van der Waals surface area contributed by atoms with Crippen molar-refractivity contribution in [2.45, 2.75) is 51.4 Å². The lowest BCUT2D eigenvalue weighted by molar-refractivity contribution is -0.0706. The second kappa shape index (κ2) is 10.2. The highest BCUT2D eigenvalue weighted by Gasteiger charge is 2.40. The summed E-state index contributed by atoms with van der Waals surface area (Å²) in [6.45, 7) is 8.67. The SMILES string of the molecule is CC1CN(CC/C=C2/c3cc(C(C)(C)O)ccc3OCc3ncccc32)CC[C@]1(O)c1ccc(Cl)cc1. The lowest BCUT2D eigenvalue weighted by Crippen LogP contribution is -2.49. The van der Waals surface area contributed by atoms with Gasteiger partial charge in [-0.05, 0) is 73.7 Å². The van der Waals surface area contributed by atoms with Crippen LogP contribution < -0.4 is 4.74 Å².